The SMILES string of the molecule is COc1nc2ccccc2cc1-c1cnc(CCCCCCC(=O)OC(C)(C)C)[nH]1. The van der Waals surface area contributed by atoms with Gasteiger partial charge in [-0.1, -0.05) is 31.0 Å². The quantitative estimate of drug-likeness (QED) is 0.375. The van der Waals surface area contributed by atoms with Crippen LogP contribution in [0.5, 0.6) is 5.88 Å². The molecule has 1 N–H and O–H groups in total. The summed E-state index contributed by atoms with van der Waals surface area (Å²) in [5.74, 6) is 1.43. The third-order valence-electron chi connectivity index (χ3n) is 4.77. The van der Waals surface area contributed by atoms with Crippen LogP contribution < -0.4 is 4.74 Å². The van der Waals surface area contributed by atoms with Crippen molar-refractivity contribution in [3.8, 4) is 17.1 Å². The van der Waals surface area contributed by atoms with E-state index >= 15 is 0 Å². The number of imidazole rings is 1. The van der Waals surface area contributed by atoms with E-state index in [-0.39, 0.29) is 5.97 Å². The number of unbranched alkanes of at least 4 members (excludes halogenated alkanes) is 3. The molecule has 3 aromatic rings. The van der Waals surface area contributed by atoms with Gasteiger partial charge in [0.15, 0.2) is 0 Å². The minimum Gasteiger partial charge on any atom is -0.480 e. The van der Waals surface area contributed by atoms with Gasteiger partial charge in [-0.05, 0) is 45.7 Å². The molecule has 0 saturated carbocycles. The van der Waals surface area contributed by atoms with E-state index in [0.29, 0.717) is 12.3 Å². The third-order valence-corrected chi connectivity index (χ3v) is 4.77. The molecular formula is C24H31N3O3. The van der Waals surface area contributed by atoms with Crippen LogP contribution in [0.4, 0.5) is 0 Å². The smallest absolute Gasteiger partial charge is 0.306 e. The number of aromatic nitrogens is 3. The van der Waals surface area contributed by atoms with Gasteiger partial charge in [0, 0.05) is 18.2 Å². The van der Waals surface area contributed by atoms with Crippen LogP contribution in [0.1, 0.15) is 58.7 Å². The highest BCUT2D eigenvalue weighted by atomic mass is 16.6. The zero-order valence-corrected chi connectivity index (χ0v) is 18.3. The summed E-state index contributed by atoms with van der Waals surface area (Å²) < 4.78 is 10.8. The summed E-state index contributed by atoms with van der Waals surface area (Å²) in [6.45, 7) is 5.68. The lowest BCUT2D eigenvalue weighted by molar-refractivity contribution is -0.154. The minimum absolute atomic E-state index is 0.115. The molecule has 1 aromatic carbocycles. The molecule has 0 saturated heterocycles. The number of esters is 1. The number of hydrogen-bond donors (Lipinski definition) is 1. The maximum atomic E-state index is 11.7. The highest BCUT2D eigenvalue weighted by Gasteiger charge is 2.15. The number of carbonyl (C=O) groups excluding carboxylic acids is 1. The Morgan fingerprint density at radius 1 is 1.10 bits per heavy atom. The number of H-pyrrole nitrogens is 1. The highest BCUT2D eigenvalue weighted by Crippen LogP contribution is 2.30. The van der Waals surface area contributed by atoms with Crippen molar-refractivity contribution in [2.75, 3.05) is 7.11 Å². The standard InChI is InChI=1S/C24H31N3O3/c1-24(2,3)30-22(28)14-8-6-5-7-13-21-25-16-20(26-21)18-15-17-11-9-10-12-19(17)27-23(18)29-4/h9-12,15-16H,5-8,13-14H2,1-4H3,(H,25,26). The van der Waals surface area contributed by atoms with Gasteiger partial charge >= 0.3 is 5.97 Å². The van der Waals surface area contributed by atoms with E-state index in [2.05, 4.69) is 21.0 Å². The molecule has 0 unspecified atom stereocenters. The summed E-state index contributed by atoms with van der Waals surface area (Å²) in [7, 11) is 1.63. The average Bonchev–Trinajstić information content (AvgIpc) is 3.17. The lowest BCUT2D eigenvalue weighted by Crippen LogP contribution is -2.23. The van der Waals surface area contributed by atoms with Crippen molar-refractivity contribution in [1.82, 2.24) is 15.0 Å². The number of pyridine rings is 1. The molecule has 0 spiro atoms. The summed E-state index contributed by atoms with van der Waals surface area (Å²) >= 11 is 0. The molecule has 30 heavy (non-hydrogen) atoms. The Balaban J connectivity index is 1.50. The van der Waals surface area contributed by atoms with Crippen LogP contribution in [0.2, 0.25) is 0 Å². The van der Waals surface area contributed by atoms with Gasteiger partial charge in [-0.15, -0.1) is 0 Å². The molecule has 0 aliphatic rings. The Bertz CT molecular complexity index is 989. The Morgan fingerprint density at radius 3 is 2.63 bits per heavy atom. The Labute approximate surface area is 178 Å². The van der Waals surface area contributed by atoms with E-state index in [0.717, 1.165) is 60.1 Å². The first-order valence-corrected chi connectivity index (χ1v) is 10.6. The molecule has 0 bridgehead atoms. The van der Waals surface area contributed by atoms with Gasteiger partial charge in [-0.25, -0.2) is 9.97 Å². The Kier molecular flexibility index (Phi) is 7.08. The number of nitrogens with zero attached hydrogens (tertiary/aromatic N) is 2. The fourth-order valence-corrected chi connectivity index (χ4v) is 3.38. The number of benzene rings is 1. The summed E-state index contributed by atoms with van der Waals surface area (Å²) in [5, 5.41) is 1.06. The number of ether oxygens (including phenoxy) is 2. The molecule has 0 atom stereocenters. The topological polar surface area (TPSA) is 77.1 Å². The van der Waals surface area contributed by atoms with E-state index in [9.17, 15) is 4.79 Å². The molecule has 6 heteroatoms. The average molecular weight is 410 g/mol. The van der Waals surface area contributed by atoms with Crippen molar-refractivity contribution >= 4 is 16.9 Å². The van der Waals surface area contributed by atoms with Crippen molar-refractivity contribution in [3.63, 3.8) is 0 Å². The summed E-state index contributed by atoms with van der Waals surface area (Å²) in [6.07, 6.45) is 7.14. The van der Waals surface area contributed by atoms with Crippen LogP contribution in [0, 0.1) is 0 Å². The van der Waals surface area contributed by atoms with Crippen LogP contribution in [0.3, 0.4) is 0 Å². The second-order valence-electron chi connectivity index (χ2n) is 8.48. The van der Waals surface area contributed by atoms with Gasteiger partial charge in [-0.2, -0.15) is 0 Å². The zero-order chi connectivity index (χ0) is 21.6. The first kappa shape index (κ1) is 21.8. The molecule has 2 aromatic heterocycles. The van der Waals surface area contributed by atoms with Crippen LogP contribution >= 0.6 is 0 Å². The van der Waals surface area contributed by atoms with Gasteiger partial charge in [0.05, 0.1) is 30.1 Å². The highest BCUT2D eigenvalue weighted by molar-refractivity contribution is 5.85. The molecule has 160 valence electrons. The largest absolute Gasteiger partial charge is 0.480 e. The molecule has 0 fully saturated rings. The lowest BCUT2D eigenvalue weighted by atomic mass is 10.1. The molecule has 0 aliphatic carbocycles. The Morgan fingerprint density at radius 2 is 1.87 bits per heavy atom. The number of para-hydroxylation sites is 1. The number of fused-ring (bicyclic) bond motifs is 1. The maximum absolute atomic E-state index is 11.7. The fourth-order valence-electron chi connectivity index (χ4n) is 3.38. The first-order chi connectivity index (χ1) is 14.4. The summed E-state index contributed by atoms with van der Waals surface area (Å²) in [5.41, 5.74) is 2.32. The molecule has 0 amide bonds. The van der Waals surface area contributed by atoms with Crippen LogP contribution in [0.15, 0.2) is 36.5 Å². The van der Waals surface area contributed by atoms with E-state index < -0.39 is 5.60 Å². The van der Waals surface area contributed by atoms with Crippen molar-refractivity contribution in [1.29, 1.82) is 0 Å². The normalized spacial score (nSPS) is 11.6. The maximum Gasteiger partial charge on any atom is 0.306 e. The van der Waals surface area contributed by atoms with Crippen molar-refractivity contribution < 1.29 is 14.3 Å². The number of methoxy groups -OCH3 is 1. The van der Waals surface area contributed by atoms with Gasteiger partial charge in [0.1, 0.15) is 11.4 Å². The predicted molar refractivity (Wildman–Crippen MR) is 119 cm³/mol. The van der Waals surface area contributed by atoms with E-state index in [4.69, 9.17) is 9.47 Å². The van der Waals surface area contributed by atoms with Gasteiger partial charge in [0.25, 0.3) is 0 Å². The number of nitrogens with one attached hydrogen (secondary N) is 1. The monoisotopic (exact) mass is 409 g/mol. The number of aromatic amines is 1. The molecule has 0 aliphatic heterocycles. The van der Waals surface area contributed by atoms with Crippen molar-refractivity contribution in [3.05, 3.63) is 42.4 Å². The first-order valence-electron chi connectivity index (χ1n) is 10.6. The summed E-state index contributed by atoms with van der Waals surface area (Å²) in [6, 6.07) is 10.1. The van der Waals surface area contributed by atoms with E-state index in [1.807, 2.05) is 51.2 Å². The number of aryl methyl sites for hydroxylation is 1. The van der Waals surface area contributed by atoms with Gasteiger partial charge in [0.2, 0.25) is 5.88 Å². The van der Waals surface area contributed by atoms with Crippen molar-refractivity contribution in [2.45, 2.75) is 64.9 Å². The number of carbonyl (C=O) groups is 1. The lowest BCUT2D eigenvalue weighted by Gasteiger charge is -2.19. The number of rotatable bonds is 9. The second kappa shape index (κ2) is 9.74. The summed E-state index contributed by atoms with van der Waals surface area (Å²) in [4.78, 5) is 24.3. The van der Waals surface area contributed by atoms with Crippen LogP contribution in [-0.4, -0.2) is 33.6 Å². The molecule has 0 radical (unpaired) electrons. The number of hydrogen-bond acceptors (Lipinski definition) is 5. The van der Waals surface area contributed by atoms with Gasteiger partial charge in [-0.3, -0.25) is 4.79 Å². The van der Waals surface area contributed by atoms with E-state index in [1.165, 1.54) is 0 Å². The van der Waals surface area contributed by atoms with Crippen molar-refractivity contribution in [2.24, 2.45) is 0 Å². The molecule has 2 heterocycles. The van der Waals surface area contributed by atoms with Gasteiger partial charge < -0.3 is 14.5 Å². The second-order valence-corrected chi connectivity index (χ2v) is 8.48. The molecule has 3 rings (SSSR count). The van der Waals surface area contributed by atoms with Crippen LogP contribution in [0.25, 0.3) is 22.2 Å². The minimum atomic E-state index is -0.405. The van der Waals surface area contributed by atoms with E-state index in [1.54, 1.807) is 7.11 Å². The third kappa shape index (κ3) is 6.05. The van der Waals surface area contributed by atoms with Crippen LogP contribution in [-0.2, 0) is 16.0 Å². The fraction of sp³-hybridized carbons (Fsp3) is 0.458. The zero-order valence-electron chi connectivity index (χ0n) is 18.3. The molecule has 6 nitrogen and oxygen atoms in total. The molecular weight excluding hydrogens is 378 g/mol. The predicted octanol–water partition coefficient (Wildman–Crippen LogP) is 5.47. The Hall–Kier alpha value is -2.89.